The lowest BCUT2D eigenvalue weighted by atomic mass is 10.1. The van der Waals surface area contributed by atoms with Gasteiger partial charge in [0, 0.05) is 18.4 Å². The van der Waals surface area contributed by atoms with Crippen LogP contribution in [0.4, 0.5) is 0 Å². The summed E-state index contributed by atoms with van der Waals surface area (Å²) < 4.78 is 12.9. The second-order valence-corrected chi connectivity index (χ2v) is 13.4. The molecule has 1 heterocycles. The smallest absolute Gasteiger partial charge is 0.261 e. The average molecular weight is 383 g/mol. The van der Waals surface area contributed by atoms with E-state index in [2.05, 4.69) is 81.4 Å². The van der Waals surface area contributed by atoms with Crippen LogP contribution in [0.5, 0.6) is 0 Å². The number of hydrogen-bond donors (Lipinski definition) is 1. The van der Waals surface area contributed by atoms with E-state index in [1.54, 1.807) is 0 Å². The second kappa shape index (κ2) is 6.85. The molecule has 4 heteroatoms. The summed E-state index contributed by atoms with van der Waals surface area (Å²) in [4.78, 5) is 0. The molecule has 0 bridgehead atoms. The molecule has 4 rings (SSSR count). The minimum Gasteiger partial charge on any atom is -0.407 e. The van der Waals surface area contributed by atoms with Crippen LogP contribution in [-0.2, 0) is 9.16 Å². The highest BCUT2D eigenvalue weighted by molar-refractivity contribution is 6.99. The van der Waals surface area contributed by atoms with E-state index >= 15 is 0 Å². The van der Waals surface area contributed by atoms with Crippen molar-refractivity contribution in [1.82, 2.24) is 0 Å². The molecule has 0 amide bonds. The summed E-state index contributed by atoms with van der Waals surface area (Å²) in [6, 6.07) is 21.5. The SMILES string of the molecule is CC(C)(C)[Si](OC[C@H]1CO[C@@]2(CO)C[C@@H]12)(c1ccccc1)c1ccccc1. The van der Waals surface area contributed by atoms with Gasteiger partial charge in [-0.15, -0.1) is 0 Å². The summed E-state index contributed by atoms with van der Waals surface area (Å²) in [6.07, 6.45) is 0.971. The van der Waals surface area contributed by atoms with E-state index in [0.717, 1.165) is 6.42 Å². The lowest BCUT2D eigenvalue weighted by Gasteiger charge is -2.43. The summed E-state index contributed by atoms with van der Waals surface area (Å²) in [5.74, 6) is 0.819. The van der Waals surface area contributed by atoms with Crippen LogP contribution in [-0.4, -0.2) is 38.8 Å². The third-order valence-corrected chi connectivity index (χ3v) is 11.4. The molecule has 3 nitrogen and oxygen atoms in total. The van der Waals surface area contributed by atoms with E-state index in [-0.39, 0.29) is 17.2 Å². The minimum absolute atomic E-state index is 0.00716. The Morgan fingerprint density at radius 2 is 1.59 bits per heavy atom. The molecule has 2 aromatic carbocycles. The zero-order chi connectivity index (χ0) is 19.1. The average Bonchev–Trinajstić information content (AvgIpc) is 3.30. The second-order valence-electron chi connectivity index (χ2n) is 9.08. The summed E-state index contributed by atoms with van der Waals surface area (Å²) in [5.41, 5.74) is -0.264. The molecule has 0 aromatic heterocycles. The molecule has 0 spiro atoms. The molecular formula is C23H30O3Si. The summed E-state index contributed by atoms with van der Waals surface area (Å²) >= 11 is 0. The van der Waals surface area contributed by atoms with Crippen molar-refractivity contribution in [1.29, 1.82) is 0 Å². The van der Waals surface area contributed by atoms with Crippen molar-refractivity contribution in [3.05, 3.63) is 60.7 Å². The Balaban J connectivity index is 1.70. The van der Waals surface area contributed by atoms with Crippen LogP contribution in [0.3, 0.4) is 0 Å². The van der Waals surface area contributed by atoms with E-state index in [1.807, 2.05) is 0 Å². The largest absolute Gasteiger partial charge is 0.407 e. The van der Waals surface area contributed by atoms with Crippen LogP contribution in [0, 0.1) is 11.8 Å². The van der Waals surface area contributed by atoms with Crippen molar-refractivity contribution in [3.8, 4) is 0 Å². The van der Waals surface area contributed by atoms with E-state index in [9.17, 15) is 5.11 Å². The van der Waals surface area contributed by atoms with E-state index < -0.39 is 8.32 Å². The third-order valence-electron chi connectivity index (χ3n) is 6.43. The molecule has 1 aliphatic carbocycles. The van der Waals surface area contributed by atoms with Crippen LogP contribution < -0.4 is 10.4 Å². The third kappa shape index (κ3) is 3.09. The van der Waals surface area contributed by atoms with Crippen molar-refractivity contribution < 1.29 is 14.3 Å². The Labute approximate surface area is 163 Å². The van der Waals surface area contributed by atoms with Gasteiger partial charge in [-0.1, -0.05) is 81.4 Å². The first-order valence-electron chi connectivity index (χ1n) is 9.93. The highest BCUT2D eigenvalue weighted by atomic mass is 28.4. The number of hydrogen-bond acceptors (Lipinski definition) is 3. The van der Waals surface area contributed by atoms with Crippen LogP contribution in [0.1, 0.15) is 27.2 Å². The highest BCUT2D eigenvalue weighted by Crippen LogP contribution is 2.56. The molecule has 0 radical (unpaired) electrons. The minimum atomic E-state index is -2.48. The normalized spacial score (nSPS) is 27.4. The van der Waals surface area contributed by atoms with Crippen molar-refractivity contribution in [3.63, 3.8) is 0 Å². The first kappa shape index (κ1) is 18.9. The van der Waals surface area contributed by atoms with Gasteiger partial charge in [0.05, 0.1) is 18.8 Å². The molecule has 1 saturated carbocycles. The predicted molar refractivity (Wildman–Crippen MR) is 111 cm³/mol. The molecule has 1 aliphatic heterocycles. The predicted octanol–water partition coefficient (Wildman–Crippen LogP) is 2.96. The standard InChI is InChI=1S/C23H30O3Si/c1-22(2,3)27(19-10-6-4-7-11-19,20-12-8-5-9-13-20)26-16-18-15-25-23(17-24)14-21(18)23/h4-13,18,21,24H,14-17H2,1-3H3/t18-,21+,23-/m1/s1. The molecule has 1 N–H and O–H groups in total. The first-order chi connectivity index (χ1) is 12.9. The maximum absolute atomic E-state index is 9.64. The maximum Gasteiger partial charge on any atom is 0.261 e. The Hall–Kier alpha value is -1.46. The molecule has 0 unspecified atom stereocenters. The van der Waals surface area contributed by atoms with Gasteiger partial charge in [-0.25, -0.2) is 0 Å². The number of benzene rings is 2. The Kier molecular flexibility index (Phi) is 4.79. The van der Waals surface area contributed by atoms with Gasteiger partial charge in [-0.05, 0) is 21.8 Å². The fourth-order valence-electron chi connectivity index (χ4n) is 4.85. The van der Waals surface area contributed by atoms with Gasteiger partial charge in [0.1, 0.15) is 0 Å². The monoisotopic (exact) mass is 382 g/mol. The highest BCUT2D eigenvalue weighted by Gasteiger charge is 2.63. The molecule has 2 fully saturated rings. The lowest BCUT2D eigenvalue weighted by molar-refractivity contribution is 0.0128. The number of aliphatic hydroxyl groups is 1. The maximum atomic E-state index is 9.64. The van der Waals surface area contributed by atoms with Gasteiger partial charge in [-0.3, -0.25) is 0 Å². The van der Waals surface area contributed by atoms with Gasteiger partial charge in [0.25, 0.3) is 8.32 Å². The number of ether oxygens (including phenoxy) is 1. The van der Waals surface area contributed by atoms with Crippen molar-refractivity contribution in [2.45, 2.75) is 37.8 Å². The van der Waals surface area contributed by atoms with Gasteiger partial charge in [0.15, 0.2) is 0 Å². The zero-order valence-corrected chi connectivity index (χ0v) is 17.5. The van der Waals surface area contributed by atoms with Crippen LogP contribution in [0.2, 0.25) is 5.04 Å². The topological polar surface area (TPSA) is 38.7 Å². The Morgan fingerprint density at radius 3 is 2.00 bits per heavy atom. The number of aliphatic hydroxyl groups excluding tert-OH is 1. The first-order valence-corrected chi connectivity index (χ1v) is 11.8. The fourth-order valence-corrected chi connectivity index (χ4v) is 9.47. The van der Waals surface area contributed by atoms with Gasteiger partial charge >= 0.3 is 0 Å². The quantitative estimate of drug-likeness (QED) is 0.781. The molecule has 2 aliphatic rings. The van der Waals surface area contributed by atoms with Crippen LogP contribution in [0.25, 0.3) is 0 Å². The van der Waals surface area contributed by atoms with E-state index in [1.165, 1.54) is 10.4 Å². The number of rotatable bonds is 6. The molecule has 3 atom stereocenters. The molecular weight excluding hydrogens is 352 g/mol. The molecule has 27 heavy (non-hydrogen) atoms. The van der Waals surface area contributed by atoms with Crippen LogP contribution >= 0.6 is 0 Å². The lowest BCUT2D eigenvalue weighted by Crippen LogP contribution is -2.67. The number of fused-ring (bicyclic) bond motifs is 1. The molecule has 1 saturated heterocycles. The summed E-state index contributed by atoms with van der Waals surface area (Å²) in [5, 5.41) is 12.3. The molecule has 144 valence electrons. The van der Waals surface area contributed by atoms with E-state index in [4.69, 9.17) is 9.16 Å². The van der Waals surface area contributed by atoms with Gasteiger partial charge < -0.3 is 14.3 Å². The fraction of sp³-hybridized carbons (Fsp3) is 0.478. The Morgan fingerprint density at radius 1 is 1.04 bits per heavy atom. The van der Waals surface area contributed by atoms with Crippen molar-refractivity contribution in [2.24, 2.45) is 11.8 Å². The molecule has 2 aromatic rings. The zero-order valence-electron chi connectivity index (χ0n) is 16.5. The summed E-state index contributed by atoms with van der Waals surface area (Å²) in [7, 11) is -2.48. The Bertz CT molecular complexity index is 732. The van der Waals surface area contributed by atoms with Gasteiger partial charge in [-0.2, -0.15) is 0 Å². The van der Waals surface area contributed by atoms with E-state index in [0.29, 0.717) is 25.0 Å². The van der Waals surface area contributed by atoms with Crippen molar-refractivity contribution >= 4 is 18.7 Å². The summed E-state index contributed by atoms with van der Waals surface area (Å²) in [6.45, 7) is 8.44. The van der Waals surface area contributed by atoms with Crippen molar-refractivity contribution in [2.75, 3.05) is 19.8 Å². The van der Waals surface area contributed by atoms with Crippen LogP contribution in [0.15, 0.2) is 60.7 Å². The van der Waals surface area contributed by atoms with Gasteiger partial charge in [0.2, 0.25) is 0 Å².